The molecule has 104 valence electrons. The molecule has 4 saturated carbocycles. The molecule has 0 spiro atoms. The van der Waals surface area contributed by atoms with Crippen molar-refractivity contribution in [3.8, 4) is 0 Å². The first-order valence-electron chi connectivity index (χ1n) is 7.83. The van der Waals surface area contributed by atoms with E-state index in [1.165, 1.54) is 32.2 Å². The van der Waals surface area contributed by atoms with Gasteiger partial charge in [0.05, 0.1) is 6.54 Å². The molecule has 4 nitrogen and oxygen atoms in total. The minimum Gasteiger partial charge on any atom is -0.320 e. The van der Waals surface area contributed by atoms with E-state index in [9.17, 15) is 0 Å². The molecule has 4 aliphatic rings. The predicted octanol–water partition coefficient (Wildman–Crippen LogP) is 1.98. The molecule has 1 heterocycles. The van der Waals surface area contributed by atoms with Crippen LogP contribution in [0, 0.1) is 29.6 Å². The molecule has 0 aliphatic heterocycles. The van der Waals surface area contributed by atoms with Gasteiger partial charge < -0.3 is 9.88 Å². The van der Waals surface area contributed by atoms with Crippen LogP contribution in [0.15, 0.2) is 6.33 Å². The summed E-state index contributed by atoms with van der Waals surface area (Å²) in [5.41, 5.74) is 0. The van der Waals surface area contributed by atoms with Crippen molar-refractivity contribution in [1.82, 2.24) is 20.1 Å². The Hall–Kier alpha value is -0.900. The van der Waals surface area contributed by atoms with Gasteiger partial charge in [-0.25, -0.2) is 0 Å². The van der Waals surface area contributed by atoms with Gasteiger partial charge >= 0.3 is 0 Å². The third-order valence-corrected chi connectivity index (χ3v) is 5.89. The Balaban J connectivity index is 1.35. The number of rotatable bonds is 4. The zero-order valence-electron chi connectivity index (χ0n) is 11.8. The summed E-state index contributed by atoms with van der Waals surface area (Å²) in [6, 6.07) is 0. The van der Waals surface area contributed by atoms with Gasteiger partial charge in [-0.15, -0.1) is 10.2 Å². The summed E-state index contributed by atoms with van der Waals surface area (Å²) in [5, 5.41) is 11.7. The molecule has 1 N–H and O–H groups in total. The number of aryl methyl sites for hydroxylation is 1. The summed E-state index contributed by atoms with van der Waals surface area (Å²) in [6.45, 7) is 2.04. The molecule has 1 aromatic rings. The molecule has 5 rings (SSSR count). The maximum atomic E-state index is 4.14. The van der Waals surface area contributed by atoms with Crippen LogP contribution in [0.2, 0.25) is 0 Å². The van der Waals surface area contributed by atoms with E-state index in [-0.39, 0.29) is 0 Å². The van der Waals surface area contributed by atoms with Crippen molar-refractivity contribution < 1.29 is 0 Å². The fourth-order valence-corrected chi connectivity index (χ4v) is 5.19. The second-order valence-electron chi connectivity index (χ2n) is 7.08. The van der Waals surface area contributed by atoms with Crippen LogP contribution in [0.5, 0.6) is 0 Å². The first kappa shape index (κ1) is 11.9. The van der Waals surface area contributed by atoms with Crippen molar-refractivity contribution in [3.05, 3.63) is 12.2 Å². The Kier molecular flexibility index (Phi) is 2.87. The summed E-state index contributed by atoms with van der Waals surface area (Å²) in [7, 11) is 2.01. The molecule has 1 aromatic heterocycles. The Morgan fingerprint density at radius 2 is 1.84 bits per heavy atom. The van der Waals surface area contributed by atoms with Crippen LogP contribution in [-0.2, 0) is 13.6 Å². The molecular formula is C15H24N4. The molecule has 0 radical (unpaired) electrons. The molecular weight excluding hydrogens is 236 g/mol. The molecule has 0 atom stereocenters. The van der Waals surface area contributed by atoms with Crippen LogP contribution in [0.1, 0.15) is 37.9 Å². The Morgan fingerprint density at radius 1 is 1.16 bits per heavy atom. The van der Waals surface area contributed by atoms with E-state index in [1.807, 2.05) is 11.6 Å². The van der Waals surface area contributed by atoms with Crippen molar-refractivity contribution in [1.29, 1.82) is 0 Å². The van der Waals surface area contributed by atoms with Gasteiger partial charge in [0, 0.05) is 7.05 Å². The van der Waals surface area contributed by atoms with Gasteiger partial charge in [0.25, 0.3) is 0 Å². The lowest BCUT2D eigenvalue weighted by molar-refractivity contribution is -0.0356. The lowest BCUT2D eigenvalue weighted by Crippen LogP contribution is -2.48. The molecule has 4 aliphatic carbocycles. The van der Waals surface area contributed by atoms with Crippen molar-refractivity contribution >= 4 is 0 Å². The van der Waals surface area contributed by atoms with Gasteiger partial charge in [-0.1, -0.05) is 0 Å². The Labute approximate surface area is 115 Å². The Morgan fingerprint density at radius 3 is 2.42 bits per heavy atom. The number of hydrogen-bond acceptors (Lipinski definition) is 3. The number of nitrogens with one attached hydrogen (secondary N) is 1. The van der Waals surface area contributed by atoms with E-state index in [4.69, 9.17) is 0 Å². The van der Waals surface area contributed by atoms with Crippen LogP contribution < -0.4 is 5.32 Å². The summed E-state index contributed by atoms with van der Waals surface area (Å²) in [6.07, 6.45) is 9.39. The van der Waals surface area contributed by atoms with Gasteiger partial charge in [-0.3, -0.25) is 0 Å². The highest BCUT2D eigenvalue weighted by molar-refractivity contribution is 4.98. The molecule has 4 bridgehead atoms. The highest BCUT2D eigenvalue weighted by Crippen LogP contribution is 2.56. The van der Waals surface area contributed by atoms with Crippen molar-refractivity contribution in [2.75, 3.05) is 6.54 Å². The van der Waals surface area contributed by atoms with E-state index in [0.717, 1.165) is 42.0 Å². The molecule has 0 aromatic carbocycles. The first-order valence-corrected chi connectivity index (χ1v) is 7.83. The second kappa shape index (κ2) is 4.58. The van der Waals surface area contributed by atoms with Crippen LogP contribution >= 0.6 is 0 Å². The number of nitrogens with zero attached hydrogens (tertiary/aromatic N) is 3. The van der Waals surface area contributed by atoms with Crippen LogP contribution in [0.3, 0.4) is 0 Å². The highest BCUT2D eigenvalue weighted by atomic mass is 15.3. The minimum atomic E-state index is 0.860. The molecule has 19 heavy (non-hydrogen) atoms. The topological polar surface area (TPSA) is 42.7 Å². The third kappa shape index (κ3) is 2.10. The van der Waals surface area contributed by atoms with Crippen molar-refractivity contribution in [2.45, 2.75) is 38.6 Å². The summed E-state index contributed by atoms with van der Waals surface area (Å²) >= 11 is 0. The molecule has 0 saturated heterocycles. The Bertz CT molecular complexity index is 425. The maximum absolute atomic E-state index is 4.14. The summed E-state index contributed by atoms with van der Waals surface area (Å²) < 4.78 is 2.00. The monoisotopic (exact) mass is 260 g/mol. The fraction of sp³-hybridized carbons (Fsp3) is 0.867. The predicted molar refractivity (Wildman–Crippen MR) is 73.2 cm³/mol. The van der Waals surface area contributed by atoms with E-state index >= 15 is 0 Å². The fourth-order valence-electron chi connectivity index (χ4n) is 5.19. The van der Waals surface area contributed by atoms with E-state index in [1.54, 1.807) is 12.7 Å². The van der Waals surface area contributed by atoms with E-state index < -0.39 is 0 Å². The van der Waals surface area contributed by atoms with Crippen molar-refractivity contribution in [2.24, 2.45) is 36.6 Å². The lowest BCUT2D eigenvalue weighted by Gasteiger charge is -2.54. The van der Waals surface area contributed by atoms with Gasteiger partial charge in [0.2, 0.25) is 0 Å². The highest BCUT2D eigenvalue weighted by Gasteiger charge is 2.47. The zero-order chi connectivity index (χ0) is 12.8. The number of hydrogen-bond donors (Lipinski definition) is 1. The van der Waals surface area contributed by atoms with Gasteiger partial charge in [-0.05, 0) is 68.2 Å². The zero-order valence-corrected chi connectivity index (χ0v) is 11.8. The van der Waals surface area contributed by atoms with E-state index in [0.29, 0.717) is 0 Å². The molecule has 0 unspecified atom stereocenters. The molecule has 4 heteroatoms. The summed E-state index contributed by atoms with van der Waals surface area (Å²) in [4.78, 5) is 0. The standard InChI is InChI=1S/C15H24N4/c1-19-9-17-18-15(19)8-16-7-14-12-3-10-2-11(5-12)6-13(14)4-10/h9-14,16H,2-8H2,1H3. The van der Waals surface area contributed by atoms with Crippen LogP contribution in [-0.4, -0.2) is 21.3 Å². The number of aromatic nitrogens is 3. The molecule has 0 amide bonds. The SMILES string of the molecule is Cn1cnnc1CNCC1C2CC3CC(C2)CC1C3. The van der Waals surface area contributed by atoms with Crippen LogP contribution in [0.25, 0.3) is 0 Å². The average Bonchev–Trinajstić information content (AvgIpc) is 2.78. The quantitative estimate of drug-likeness (QED) is 0.900. The van der Waals surface area contributed by atoms with Gasteiger partial charge in [0.1, 0.15) is 12.2 Å². The van der Waals surface area contributed by atoms with Crippen molar-refractivity contribution in [3.63, 3.8) is 0 Å². The van der Waals surface area contributed by atoms with Gasteiger partial charge in [0.15, 0.2) is 0 Å². The average molecular weight is 260 g/mol. The lowest BCUT2D eigenvalue weighted by atomic mass is 9.52. The smallest absolute Gasteiger partial charge is 0.146 e. The molecule has 4 fully saturated rings. The van der Waals surface area contributed by atoms with Gasteiger partial charge in [-0.2, -0.15) is 0 Å². The first-order chi connectivity index (χ1) is 9.29. The minimum absolute atomic E-state index is 0.860. The summed E-state index contributed by atoms with van der Waals surface area (Å²) in [5.74, 6) is 6.17. The maximum Gasteiger partial charge on any atom is 0.146 e. The second-order valence-corrected chi connectivity index (χ2v) is 7.08. The largest absolute Gasteiger partial charge is 0.320 e. The van der Waals surface area contributed by atoms with E-state index in [2.05, 4.69) is 15.5 Å². The van der Waals surface area contributed by atoms with Crippen LogP contribution in [0.4, 0.5) is 0 Å². The third-order valence-electron chi connectivity index (χ3n) is 5.89. The normalized spacial score (nSPS) is 39.9.